The largest absolute Gasteiger partial charge is 0.439 e. The molecule has 1 aromatic rings. The highest BCUT2D eigenvalue weighted by Gasteiger charge is 2.38. The van der Waals surface area contributed by atoms with Crippen molar-refractivity contribution in [3.8, 4) is 0 Å². The Bertz CT molecular complexity index is 726. The molecule has 2 heterocycles. The van der Waals surface area contributed by atoms with E-state index >= 15 is 0 Å². The molecule has 1 fully saturated rings. The zero-order valence-corrected chi connectivity index (χ0v) is 18.6. The average molecular weight is 431 g/mol. The molecule has 12 heteroatoms. The first-order chi connectivity index (χ1) is 13.4. The van der Waals surface area contributed by atoms with Gasteiger partial charge in [0.25, 0.3) is 0 Å². The van der Waals surface area contributed by atoms with Crippen LogP contribution in [0.4, 0.5) is 11.8 Å². The molecule has 0 saturated carbocycles. The Hall–Kier alpha value is -1.89. The lowest BCUT2D eigenvalue weighted by molar-refractivity contribution is -0.403. The first kappa shape index (κ1) is 23.4. The fourth-order valence-corrected chi connectivity index (χ4v) is 3.70. The summed E-state index contributed by atoms with van der Waals surface area (Å²) in [6.45, 7) is 11.4. The Kier molecular flexibility index (Phi) is 7.49. The zero-order valence-electron chi connectivity index (χ0n) is 17.6. The van der Waals surface area contributed by atoms with Gasteiger partial charge in [0.2, 0.25) is 0 Å². The second kappa shape index (κ2) is 9.28. The number of nitro groups is 2. The van der Waals surface area contributed by atoms with Crippen LogP contribution in [0.2, 0.25) is 18.1 Å². The quantitative estimate of drug-likeness (QED) is 0.329. The summed E-state index contributed by atoms with van der Waals surface area (Å²) >= 11 is 0. The molecule has 164 valence electrons. The van der Waals surface area contributed by atoms with Crippen molar-refractivity contribution < 1.29 is 23.7 Å². The van der Waals surface area contributed by atoms with E-state index < -0.39 is 42.3 Å². The lowest BCUT2D eigenvalue weighted by Crippen LogP contribution is -2.44. The molecule has 1 aliphatic rings. The molecule has 2 atom stereocenters. The van der Waals surface area contributed by atoms with Gasteiger partial charge in [-0.1, -0.05) is 20.8 Å². The van der Waals surface area contributed by atoms with E-state index in [4.69, 9.17) is 13.9 Å². The Morgan fingerprint density at radius 1 is 1.31 bits per heavy atom. The van der Waals surface area contributed by atoms with E-state index in [0.717, 1.165) is 30.0 Å². The summed E-state index contributed by atoms with van der Waals surface area (Å²) in [6, 6.07) is 0. The molecular formula is C17H30N4O7Si. The maximum Gasteiger partial charge on any atom is 0.439 e. The standard InChI is InChI=1S/C17H30N4O7Si/c1-17(2,3)29(4,5)27-12-13(28-15-8-6-7-9-26-15)10-19-11-14(20(22)23)18-16(19)21(24)25/h11,13,15H,6-10,12H2,1-5H3. The summed E-state index contributed by atoms with van der Waals surface area (Å²) in [4.78, 5) is 24.3. The van der Waals surface area contributed by atoms with Gasteiger partial charge in [0.15, 0.2) is 20.8 Å². The summed E-state index contributed by atoms with van der Waals surface area (Å²) in [5, 5.41) is 22.3. The van der Waals surface area contributed by atoms with Crippen LogP contribution in [-0.4, -0.2) is 53.3 Å². The number of nitrogens with zero attached hydrogens (tertiary/aromatic N) is 4. The van der Waals surface area contributed by atoms with E-state index in [1.807, 2.05) is 0 Å². The molecule has 2 rings (SSSR count). The minimum Gasteiger partial charge on any atom is -0.414 e. The van der Waals surface area contributed by atoms with E-state index in [1.165, 1.54) is 0 Å². The number of imidazole rings is 1. The number of ether oxygens (including phenoxy) is 2. The van der Waals surface area contributed by atoms with Crippen LogP contribution in [0.1, 0.15) is 40.0 Å². The molecule has 0 N–H and O–H groups in total. The van der Waals surface area contributed by atoms with Gasteiger partial charge in [0.1, 0.15) is 12.6 Å². The van der Waals surface area contributed by atoms with Crippen LogP contribution >= 0.6 is 0 Å². The van der Waals surface area contributed by atoms with Crippen molar-refractivity contribution >= 4 is 20.1 Å². The predicted molar refractivity (Wildman–Crippen MR) is 107 cm³/mol. The molecule has 0 spiro atoms. The summed E-state index contributed by atoms with van der Waals surface area (Å²) < 4.78 is 19.1. The first-order valence-electron chi connectivity index (χ1n) is 9.67. The first-order valence-corrected chi connectivity index (χ1v) is 12.6. The molecule has 1 aromatic heterocycles. The van der Waals surface area contributed by atoms with Gasteiger partial charge in [-0.3, -0.25) is 0 Å². The predicted octanol–water partition coefficient (Wildman–Crippen LogP) is 3.63. The molecule has 0 aliphatic carbocycles. The van der Waals surface area contributed by atoms with Crippen LogP contribution in [0.3, 0.4) is 0 Å². The minimum atomic E-state index is -2.09. The lowest BCUT2D eigenvalue weighted by Gasteiger charge is -2.37. The Labute approximate surface area is 170 Å². The topological polar surface area (TPSA) is 132 Å². The Balaban J connectivity index is 2.20. The van der Waals surface area contributed by atoms with Crippen LogP contribution in [0.25, 0.3) is 0 Å². The third-order valence-corrected chi connectivity index (χ3v) is 9.91. The van der Waals surface area contributed by atoms with Gasteiger partial charge in [-0.2, -0.15) is 0 Å². The van der Waals surface area contributed by atoms with Crippen LogP contribution < -0.4 is 0 Å². The van der Waals surface area contributed by atoms with E-state index in [9.17, 15) is 20.2 Å². The van der Waals surface area contributed by atoms with Crippen molar-refractivity contribution in [1.29, 1.82) is 0 Å². The molecule has 0 amide bonds. The third-order valence-electron chi connectivity index (χ3n) is 5.41. The maximum absolute atomic E-state index is 11.3. The summed E-state index contributed by atoms with van der Waals surface area (Å²) in [7, 11) is -2.09. The van der Waals surface area contributed by atoms with Crippen LogP contribution in [0, 0.1) is 20.2 Å². The van der Waals surface area contributed by atoms with Gasteiger partial charge in [-0.25, -0.2) is 4.57 Å². The summed E-state index contributed by atoms with van der Waals surface area (Å²) in [5.74, 6) is -1.17. The van der Waals surface area contributed by atoms with Gasteiger partial charge in [-0.15, -0.1) is 0 Å². The van der Waals surface area contributed by atoms with Gasteiger partial charge in [0, 0.05) is 6.61 Å². The van der Waals surface area contributed by atoms with E-state index in [-0.39, 0.29) is 18.2 Å². The average Bonchev–Trinajstić information content (AvgIpc) is 3.04. The van der Waals surface area contributed by atoms with Crippen molar-refractivity contribution in [3.63, 3.8) is 0 Å². The van der Waals surface area contributed by atoms with Crippen molar-refractivity contribution in [2.75, 3.05) is 13.2 Å². The highest BCUT2D eigenvalue weighted by molar-refractivity contribution is 6.74. The van der Waals surface area contributed by atoms with Crippen molar-refractivity contribution in [1.82, 2.24) is 9.55 Å². The van der Waals surface area contributed by atoms with E-state index in [2.05, 4.69) is 38.8 Å². The van der Waals surface area contributed by atoms with E-state index in [1.54, 1.807) is 0 Å². The Morgan fingerprint density at radius 3 is 2.52 bits per heavy atom. The molecule has 29 heavy (non-hydrogen) atoms. The fourth-order valence-electron chi connectivity index (χ4n) is 2.67. The maximum atomic E-state index is 11.3. The number of hydrogen-bond donors (Lipinski definition) is 0. The second-order valence-corrected chi connectivity index (χ2v) is 13.5. The number of hydrogen-bond acceptors (Lipinski definition) is 8. The van der Waals surface area contributed by atoms with E-state index in [0.29, 0.717) is 6.61 Å². The highest BCUT2D eigenvalue weighted by Crippen LogP contribution is 2.36. The van der Waals surface area contributed by atoms with Gasteiger partial charge in [-0.05, 0) is 52.2 Å². The Morgan fingerprint density at radius 2 is 2.00 bits per heavy atom. The molecule has 0 bridgehead atoms. The summed E-state index contributed by atoms with van der Waals surface area (Å²) in [5.41, 5.74) is 0. The molecule has 0 aromatic carbocycles. The highest BCUT2D eigenvalue weighted by atomic mass is 28.4. The molecule has 11 nitrogen and oxygen atoms in total. The smallest absolute Gasteiger partial charge is 0.414 e. The zero-order chi connectivity index (χ0) is 21.8. The van der Waals surface area contributed by atoms with Crippen molar-refractivity contribution in [3.05, 3.63) is 26.4 Å². The van der Waals surface area contributed by atoms with Crippen LogP contribution in [0.5, 0.6) is 0 Å². The third kappa shape index (κ3) is 6.29. The van der Waals surface area contributed by atoms with Crippen molar-refractivity contribution in [2.45, 2.75) is 77.1 Å². The molecule has 1 aliphatic heterocycles. The normalized spacial score (nSPS) is 19.1. The second-order valence-electron chi connectivity index (χ2n) is 8.69. The van der Waals surface area contributed by atoms with Crippen LogP contribution in [-0.2, 0) is 20.4 Å². The monoisotopic (exact) mass is 430 g/mol. The molecule has 0 radical (unpaired) electrons. The van der Waals surface area contributed by atoms with Gasteiger partial charge in [0.05, 0.1) is 6.61 Å². The minimum absolute atomic E-state index is 0.00559. The molecular weight excluding hydrogens is 400 g/mol. The fraction of sp³-hybridized carbons (Fsp3) is 0.824. The number of aromatic nitrogens is 2. The van der Waals surface area contributed by atoms with Gasteiger partial charge >= 0.3 is 11.8 Å². The SMILES string of the molecule is CC(C)(C)[Si](C)(C)OCC(Cn1cc([N+](=O)[O-])nc1[N+](=O)[O-])OC1CCCCO1. The van der Waals surface area contributed by atoms with Crippen LogP contribution in [0.15, 0.2) is 6.20 Å². The number of rotatable bonds is 9. The molecule has 1 saturated heterocycles. The van der Waals surface area contributed by atoms with Crippen molar-refractivity contribution in [2.24, 2.45) is 0 Å². The molecule has 2 unspecified atom stereocenters. The van der Waals surface area contributed by atoms with Gasteiger partial charge < -0.3 is 34.1 Å². The lowest BCUT2D eigenvalue weighted by atomic mass is 10.2. The summed E-state index contributed by atoms with van der Waals surface area (Å²) in [6.07, 6.45) is 2.72.